The Hall–Kier alpha value is -2.39. The number of aliphatic hydroxyl groups excluding tert-OH is 1. The lowest BCUT2D eigenvalue weighted by molar-refractivity contribution is -0.687. The zero-order chi connectivity index (χ0) is 21.6. The highest BCUT2D eigenvalue weighted by molar-refractivity contribution is 5.28. The van der Waals surface area contributed by atoms with Crippen LogP contribution in [0.4, 0.5) is 0 Å². The summed E-state index contributed by atoms with van der Waals surface area (Å²) in [4.78, 5) is 0. The van der Waals surface area contributed by atoms with Gasteiger partial charge >= 0.3 is 0 Å². The molecule has 2 unspecified atom stereocenters. The van der Waals surface area contributed by atoms with E-state index in [-0.39, 0.29) is 12.0 Å². The highest BCUT2D eigenvalue weighted by Crippen LogP contribution is 2.43. The molecule has 3 nitrogen and oxygen atoms in total. The Morgan fingerprint density at radius 1 is 0.967 bits per heavy atom. The number of benzene rings is 2. The first kappa shape index (κ1) is 22.3. The lowest BCUT2D eigenvalue weighted by atomic mass is 9.70. The van der Waals surface area contributed by atoms with Gasteiger partial charge in [-0.25, -0.2) is 9.13 Å². The molecule has 0 aliphatic carbocycles. The number of hydrogen-bond donors (Lipinski definition) is 1. The fourth-order valence-corrected chi connectivity index (χ4v) is 4.38. The van der Waals surface area contributed by atoms with Crippen molar-refractivity contribution in [1.29, 1.82) is 0 Å². The Kier molecular flexibility index (Phi) is 7.49. The minimum absolute atomic E-state index is 0.166. The highest BCUT2D eigenvalue weighted by atomic mass is 16.3. The number of imidazole rings is 1. The van der Waals surface area contributed by atoms with Gasteiger partial charge in [-0.1, -0.05) is 82.3 Å². The average Bonchev–Trinajstić information content (AvgIpc) is 3.16. The molecule has 2 atom stereocenters. The molecule has 0 fully saturated rings. The average molecular weight is 406 g/mol. The molecule has 3 aromatic rings. The van der Waals surface area contributed by atoms with Crippen LogP contribution in [0.1, 0.15) is 69.1 Å². The van der Waals surface area contributed by atoms with Gasteiger partial charge in [0.05, 0.1) is 6.61 Å². The second kappa shape index (κ2) is 10.1. The molecule has 1 aromatic heterocycles. The maximum Gasteiger partial charge on any atom is 0.244 e. The van der Waals surface area contributed by atoms with Gasteiger partial charge in [0.15, 0.2) is 0 Å². The van der Waals surface area contributed by atoms with Gasteiger partial charge in [0.25, 0.3) is 0 Å². The number of hydrogen-bond acceptors (Lipinski definition) is 1. The smallest absolute Gasteiger partial charge is 0.244 e. The van der Waals surface area contributed by atoms with E-state index in [1.807, 2.05) is 17.1 Å². The molecule has 0 saturated carbocycles. The summed E-state index contributed by atoms with van der Waals surface area (Å²) in [6, 6.07) is 20.2. The fraction of sp³-hybridized carbons (Fsp3) is 0.444. The second-order valence-electron chi connectivity index (χ2n) is 9.46. The van der Waals surface area contributed by atoms with Crippen molar-refractivity contribution in [2.45, 2.75) is 65.5 Å². The Balaban J connectivity index is 1.75. The van der Waals surface area contributed by atoms with E-state index in [1.165, 1.54) is 23.1 Å². The van der Waals surface area contributed by atoms with E-state index < -0.39 is 0 Å². The van der Waals surface area contributed by atoms with Crippen molar-refractivity contribution in [3.8, 4) is 0 Å². The van der Waals surface area contributed by atoms with Crippen molar-refractivity contribution in [1.82, 2.24) is 4.57 Å². The molecule has 0 spiro atoms. The number of aromatic nitrogens is 2. The summed E-state index contributed by atoms with van der Waals surface area (Å²) in [5.74, 6) is 1.09. The van der Waals surface area contributed by atoms with E-state index in [0.717, 1.165) is 13.0 Å². The Morgan fingerprint density at radius 2 is 1.67 bits per heavy atom. The first-order chi connectivity index (χ1) is 14.4. The minimum Gasteiger partial charge on any atom is -0.392 e. The summed E-state index contributed by atoms with van der Waals surface area (Å²) in [6.07, 6.45) is 8.45. The Bertz CT molecular complexity index is 891. The molecule has 0 amide bonds. The summed E-state index contributed by atoms with van der Waals surface area (Å²) in [5.41, 5.74) is 4.39. The first-order valence-corrected chi connectivity index (χ1v) is 11.2. The summed E-state index contributed by atoms with van der Waals surface area (Å²) in [5, 5.41) is 9.09. The molecular weight excluding hydrogens is 368 g/mol. The lowest BCUT2D eigenvalue weighted by Gasteiger charge is -2.34. The van der Waals surface area contributed by atoms with Gasteiger partial charge in [0.1, 0.15) is 25.5 Å². The third-order valence-corrected chi connectivity index (χ3v) is 6.18. The van der Waals surface area contributed by atoms with Crippen LogP contribution in [0.25, 0.3) is 0 Å². The number of rotatable bonds is 9. The molecule has 1 heterocycles. The molecule has 0 radical (unpaired) electrons. The van der Waals surface area contributed by atoms with Gasteiger partial charge in [-0.05, 0) is 46.8 Å². The van der Waals surface area contributed by atoms with Crippen LogP contribution in [0, 0.1) is 5.41 Å². The number of aliphatic hydroxyl groups is 1. The second-order valence-corrected chi connectivity index (χ2v) is 9.46. The lowest BCUT2D eigenvalue weighted by Crippen LogP contribution is -2.31. The molecule has 0 aliphatic heterocycles. The Labute approximate surface area is 182 Å². The van der Waals surface area contributed by atoms with E-state index in [9.17, 15) is 0 Å². The normalized spacial score (nSPS) is 13.9. The van der Waals surface area contributed by atoms with Gasteiger partial charge in [-0.2, -0.15) is 0 Å². The summed E-state index contributed by atoms with van der Waals surface area (Å²) < 4.78 is 4.17. The molecule has 3 heteroatoms. The standard InChI is InChI=1S/C27H37N2O/c1-5-23(24-9-7-6-8-10-24)19-26(27(2,3)4)25-13-11-22(12-14-25)20-29-16-15-28(21-29)17-18-30/h6-16,21,23,26,30H,5,17-20H2,1-4H3/q+1. The van der Waals surface area contributed by atoms with Gasteiger partial charge in [0.2, 0.25) is 6.33 Å². The fourth-order valence-electron chi connectivity index (χ4n) is 4.38. The van der Waals surface area contributed by atoms with Crippen LogP contribution in [0.15, 0.2) is 73.3 Å². The van der Waals surface area contributed by atoms with Crippen molar-refractivity contribution in [2.24, 2.45) is 5.41 Å². The monoisotopic (exact) mass is 405 g/mol. The maximum atomic E-state index is 9.09. The molecule has 0 aliphatic rings. The van der Waals surface area contributed by atoms with E-state index >= 15 is 0 Å². The van der Waals surface area contributed by atoms with Crippen LogP contribution >= 0.6 is 0 Å². The maximum absolute atomic E-state index is 9.09. The first-order valence-electron chi connectivity index (χ1n) is 11.2. The zero-order valence-corrected chi connectivity index (χ0v) is 19.0. The van der Waals surface area contributed by atoms with Crippen molar-refractivity contribution in [3.05, 3.63) is 90.0 Å². The highest BCUT2D eigenvalue weighted by Gasteiger charge is 2.29. The molecule has 160 valence electrons. The molecular formula is C27H37N2O+. The van der Waals surface area contributed by atoms with Crippen LogP contribution in [0.3, 0.4) is 0 Å². The van der Waals surface area contributed by atoms with Crippen LogP contribution < -0.4 is 4.57 Å². The predicted octanol–water partition coefficient (Wildman–Crippen LogP) is 5.53. The van der Waals surface area contributed by atoms with E-state index in [1.54, 1.807) is 0 Å². The summed E-state index contributed by atoms with van der Waals surface area (Å²) >= 11 is 0. The van der Waals surface area contributed by atoms with Crippen molar-refractivity contribution in [2.75, 3.05) is 6.61 Å². The van der Waals surface area contributed by atoms with Crippen LogP contribution in [0.5, 0.6) is 0 Å². The van der Waals surface area contributed by atoms with E-state index in [0.29, 0.717) is 18.4 Å². The quantitative estimate of drug-likeness (QED) is 0.466. The van der Waals surface area contributed by atoms with Crippen molar-refractivity contribution < 1.29 is 9.67 Å². The SMILES string of the molecule is CCC(CC(c1ccc(C[n+]2ccn(CCO)c2)cc1)C(C)(C)C)c1ccccc1. The van der Waals surface area contributed by atoms with Gasteiger partial charge in [-0.15, -0.1) is 0 Å². The predicted molar refractivity (Wildman–Crippen MR) is 124 cm³/mol. The van der Waals surface area contributed by atoms with E-state index in [2.05, 4.69) is 93.1 Å². The minimum atomic E-state index is 0.166. The molecule has 2 aromatic carbocycles. The topological polar surface area (TPSA) is 29.0 Å². The van der Waals surface area contributed by atoms with Gasteiger partial charge in [-0.3, -0.25) is 0 Å². The third-order valence-electron chi connectivity index (χ3n) is 6.18. The zero-order valence-electron chi connectivity index (χ0n) is 19.0. The van der Waals surface area contributed by atoms with Crippen molar-refractivity contribution in [3.63, 3.8) is 0 Å². The Morgan fingerprint density at radius 3 is 2.27 bits per heavy atom. The largest absolute Gasteiger partial charge is 0.392 e. The molecule has 30 heavy (non-hydrogen) atoms. The molecule has 3 rings (SSSR count). The van der Waals surface area contributed by atoms with Gasteiger partial charge in [0, 0.05) is 0 Å². The summed E-state index contributed by atoms with van der Waals surface area (Å²) in [7, 11) is 0. The van der Waals surface area contributed by atoms with Crippen LogP contribution in [-0.2, 0) is 13.1 Å². The van der Waals surface area contributed by atoms with E-state index in [4.69, 9.17) is 5.11 Å². The molecule has 1 N–H and O–H groups in total. The van der Waals surface area contributed by atoms with Crippen molar-refractivity contribution >= 4 is 0 Å². The third kappa shape index (κ3) is 5.82. The molecule has 0 bridgehead atoms. The summed E-state index contributed by atoms with van der Waals surface area (Å²) in [6.45, 7) is 11.1. The molecule has 0 saturated heterocycles. The van der Waals surface area contributed by atoms with Gasteiger partial charge < -0.3 is 5.11 Å². The number of nitrogens with zero attached hydrogens (tertiary/aromatic N) is 2. The van der Waals surface area contributed by atoms with Crippen LogP contribution in [0.2, 0.25) is 0 Å². The van der Waals surface area contributed by atoms with Crippen LogP contribution in [-0.4, -0.2) is 16.3 Å².